The highest BCUT2D eigenvalue weighted by Gasteiger charge is 2.18. The molecular formula is C31H31N3. The topological polar surface area (TPSA) is 28.5 Å². The van der Waals surface area contributed by atoms with Gasteiger partial charge in [0.1, 0.15) is 0 Å². The number of anilines is 3. The van der Waals surface area contributed by atoms with E-state index < -0.39 is 0 Å². The van der Waals surface area contributed by atoms with Crippen LogP contribution in [0.2, 0.25) is 0 Å². The summed E-state index contributed by atoms with van der Waals surface area (Å²) < 4.78 is 0. The summed E-state index contributed by atoms with van der Waals surface area (Å²) in [4.78, 5) is 11.4. The fourth-order valence-corrected chi connectivity index (χ4v) is 4.37. The highest BCUT2D eigenvalue weighted by atomic mass is 15.1. The van der Waals surface area contributed by atoms with Crippen molar-refractivity contribution in [3.8, 4) is 11.3 Å². The van der Waals surface area contributed by atoms with Crippen molar-refractivity contribution in [1.82, 2.24) is 4.98 Å². The van der Waals surface area contributed by atoms with Crippen LogP contribution in [0.3, 0.4) is 0 Å². The molecule has 4 rings (SSSR count). The van der Waals surface area contributed by atoms with Crippen LogP contribution < -0.4 is 4.90 Å². The molecule has 0 aliphatic heterocycles. The van der Waals surface area contributed by atoms with E-state index in [1.807, 2.05) is 30.6 Å². The number of aryl methyl sites for hydroxylation is 3. The molecule has 0 spiro atoms. The Morgan fingerprint density at radius 2 is 1.59 bits per heavy atom. The van der Waals surface area contributed by atoms with Gasteiger partial charge in [-0.1, -0.05) is 61.5 Å². The number of benzene rings is 3. The van der Waals surface area contributed by atoms with Crippen molar-refractivity contribution in [2.75, 3.05) is 4.90 Å². The van der Waals surface area contributed by atoms with E-state index in [4.69, 9.17) is 0 Å². The molecule has 0 saturated carbocycles. The lowest BCUT2D eigenvalue weighted by Gasteiger charge is -2.29. The SMILES string of the molecule is C=C(N=CCC)c1cccc(N(c2cccc(-c3ccccn3)c2)c2c(C)cc(C)cc2C)c1. The molecule has 1 heterocycles. The van der Waals surface area contributed by atoms with Crippen molar-refractivity contribution in [2.24, 2.45) is 4.99 Å². The van der Waals surface area contributed by atoms with Crippen molar-refractivity contribution in [3.63, 3.8) is 0 Å². The average Bonchev–Trinajstić information content (AvgIpc) is 2.85. The number of aromatic nitrogens is 1. The summed E-state index contributed by atoms with van der Waals surface area (Å²) in [7, 11) is 0. The minimum Gasteiger partial charge on any atom is -0.310 e. The van der Waals surface area contributed by atoms with Gasteiger partial charge < -0.3 is 4.90 Å². The number of rotatable bonds is 7. The molecule has 1 aromatic heterocycles. The minimum absolute atomic E-state index is 0.767. The van der Waals surface area contributed by atoms with Gasteiger partial charge in [0.25, 0.3) is 0 Å². The second-order valence-electron chi connectivity index (χ2n) is 8.56. The number of pyridine rings is 1. The molecule has 0 N–H and O–H groups in total. The van der Waals surface area contributed by atoms with Gasteiger partial charge in [0, 0.05) is 34.9 Å². The van der Waals surface area contributed by atoms with E-state index in [1.165, 1.54) is 22.4 Å². The van der Waals surface area contributed by atoms with Crippen molar-refractivity contribution in [3.05, 3.63) is 114 Å². The summed E-state index contributed by atoms with van der Waals surface area (Å²) in [5.74, 6) is 0. The van der Waals surface area contributed by atoms with Crippen molar-refractivity contribution < 1.29 is 0 Å². The van der Waals surface area contributed by atoms with Gasteiger partial charge in [-0.15, -0.1) is 0 Å². The molecule has 0 aliphatic rings. The summed E-state index contributed by atoms with van der Waals surface area (Å²) in [5.41, 5.74) is 10.9. The zero-order chi connectivity index (χ0) is 24.1. The van der Waals surface area contributed by atoms with Crippen LogP contribution in [-0.2, 0) is 0 Å². The quantitative estimate of drug-likeness (QED) is 0.266. The largest absolute Gasteiger partial charge is 0.310 e. The Labute approximate surface area is 203 Å². The molecule has 0 bridgehead atoms. The maximum absolute atomic E-state index is 4.56. The number of hydrogen-bond donors (Lipinski definition) is 0. The second kappa shape index (κ2) is 10.3. The molecule has 3 nitrogen and oxygen atoms in total. The smallest absolute Gasteiger partial charge is 0.0702 e. The van der Waals surface area contributed by atoms with Crippen LogP contribution >= 0.6 is 0 Å². The fraction of sp³-hybridized carbons (Fsp3) is 0.161. The first-order chi connectivity index (χ1) is 16.5. The molecule has 34 heavy (non-hydrogen) atoms. The summed E-state index contributed by atoms with van der Waals surface area (Å²) in [5, 5.41) is 0. The summed E-state index contributed by atoms with van der Waals surface area (Å²) in [6, 6.07) is 27.5. The van der Waals surface area contributed by atoms with E-state index in [-0.39, 0.29) is 0 Å². The van der Waals surface area contributed by atoms with Crippen LogP contribution in [0.5, 0.6) is 0 Å². The van der Waals surface area contributed by atoms with E-state index in [0.717, 1.165) is 40.3 Å². The highest BCUT2D eigenvalue weighted by Crippen LogP contribution is 2.40. The van der Waals surface area contributed by atoms with E-state index in [9.17, 15) is 0 Å². The molecule has 3 heteroatoms. The third-order valence-electron chi connectivity index (χ3n) is 5.79. The Balaban J connectivity index is 1.90. The maximum Gasteiger partial charge on any atom is 0.0702 e. The first-order valence-corrected chi connectivity index (χ1v) is 11.7. The monoisotopic (exact) mass is 445 g/mol. The van der Waals surface area contributed by atoms with Crippen LogP contribution in [0.1, 0.15) is 35.6 Å². The molecule has 0 unspecified atom stereocenters. The third kappa shape index (κ3) is 4.99. The van der Waals surface area contributed by atoms with Gasteiger partial charge in [-0.3, -0.25) is 9.98 Å². The lowest BCUT2D eigenvalue weighted by atomic mass is 10.0. The van der Waals surface area contributed by atoms with Gasteiger partial charge in [-0.05, 0) is 74.7 Å². The van der Waals surface area contributed by atoms with E-state index in [1.54, 1.807) is 0 Å². The van der Waals surface area contributed by atoms with Crippen LogP contribution in [0.25, 0.3) is 17.0 Å². The molecule has 170 valence electrons. The molecule has 0 fully saturated rings. The van der Waals surface area contributed by atoms with E-state index >= 15 is 0 Å². The Bertz CT molecular complexity index is 1310. The van der Waals surface area contributed by atoms with E-state index in [0.29, 0.717) is 0 Å². The van der Waals surface area contributed by atoms with Gasteiger partial charge in [-0.2, -0.15) is 0 Å². The first-order valence-electron chi connectivity index (χ1n) is 11.7. The summed E-state index contributed by atoms with van der Waals surface area (Å²) >= 11 is 0. The molecule has 0 aliphatic carbocycles. The number of aliphatic imine (C=N–C) groups is 1. The van der Waals surface area contributed by atoms with Crippen molar-refractivity contribution in [1.29, 1.82) is 0 Å². The van der Waals surface area contributed by atoms with Gasteiger partial charge in [-0.25, -0.2) is 0 Å². The highest BCUT2D eigenvalue weighted by molar-refractivity contribution is 5.84. The third-order valence-corrected chi connectivity index (χ3v) is 5.79. The molecule has 0 saturated heterocycles. The zero-order valence-corrected chi connectivity index (χ0v) is 20.4. The zero-order valence-electron chi connectivity index (χ0n) is 20.4. The number of hydrogen-bond acceptors (Lipinski definition) is 3. The number of nitrogens with zero attached hydrogens (tertiary/aromatic N) is 3. The molecule has 0 atom stereocenters. The first kappa shape index (κ1) is 23.2. The minimum atomic E-state index is 0.767. The van der Waals surface area contributed by atoms with Crippen LogP contribution in [-0.4, -0.2) is 11.2 Å². The van der Waals surface area contributed by atoms with Crippen LogP contribution in [0.4, 0.5) is 17.1 Å². The summed E-state index contributed by atoms with van der Waals surface area (Å²) in [6.45, 7) is 12.8. The van der Waals surface area contributed by atoms with Crippen molar-refractivity contribution >= 4 is 29.0 Å². The van der Waals surface area contributed by atoms with Crippen LogP contribution in [0, 0.1) is 20.8 Å². The predicted molar refractivity (Wildman–Crippen MR) is 146 cm³/mol. The predicted octanol–water partition coefficient (Wildman–Crippen LogP) is 8.60. The summed E-state index contributed by atoms with van der Waals surface area (Å²) in [6.07, 6.45) is 4.62. The lowest BCUT2D eigenvalue weighted by Crippen LogP contribution is -2.13. The Hall–Kier alpha value is -3.98. The maximum atomic E-state index is 4.56. The van der Waals surface area contributed by atoms with Gasteiger partial charge in [0.15, 0.2) is 0 Å². The molecule has 3 aromatic carbocycles. The fourth-order valence-electron chi connectivity index (χ4n) is 4.37. The molecular weight excluding hydrogens is 414 g/mol. The van der Waals surface area contributed by atoms with Gasteiger partial charge in [0.05, 0.1) is 17.1 Å². The van der Waals surface area contributed by atoms with Gasteiger partial charge >= 0.3 is 0 Å². The lowest BCUT2D eigenvalue weighted by molar-refractivity contribution is 1.20. The Morgan fingerprint density at radius 1 is 0.882 bits per heavy atom. The normalized spacial score (nSPS) is 11.1. The second-order valence-corrected chi connectivity index (χ2v) is 8.56. The molecule has 0 amide bonds. The average molecular weight is 446 g/mol. The van der Waals surface area contributed by atoms with Crippen molar-refractivity contribution in [2.45, 2.75) is 34.1 Å². The molecule has 0 radical (unpaired) electrons. The Kier molecular flexibility index (Phi) is 7.03. The van der Waals surface area contributed by atoms with Gasteiger partial charge in [0.2, 0.25) is 0 Å². The standard InChI is InChI=1S/C31H31N3/c1-6-16-32-25(5)26-11-9-13-28(20-26)34(31-23(3)18-22(2)19-24(31)4)29-14-10-12-27(21-29)30-15-7-8-17-33-30/h7-21H,5-6H2,1-4H3. The molecule has 4 aromatic rings. The van der Waals surface area contributed by atoms with E-state index in [2.05, 4.69) is 110 Å². The van der Waals surface area contributed by atoms with Crippen LogP contribution in [0.15, 0.2) is 96.6 Å². The Morgan fingerprint density at radius 3 is 2.26 bits per heavy atom.